The minimum Gasteiger partial charge on any atom is -0.481 e. The molecule has 94 valence electrons. The third-order valence-corrected chi connectivity index (χ3v) is 3.70. The van der Waals surface area contributed by atoms with Crippen LogP contribution in [0.5, 0.6) is 0 Å². The number of carbonyl (C=O) groups is 2. The van der Waals surface area contributed by atoms with Gasteiger partial charge in [0.15, 0.2) is 0 Å². The van der Waals surface area contributed by atoms with Gasteiger partial charge in [-0.1, -0.05) is 6.92 Å². The van der Waals surface area contributed by atoms with Crippen molar-refractivity contribution in [3.8, 4) is 0 Å². The van der Waals surface area contributed by atoms with Crippen molar-refractivity contribution >= 4 is 23.2 Å². The Hall–Kier alpha value is -1.36. The smallest absolute Gasteiger partial charge is 0.305 e. The summed E-state index contributed by atoms with van der Waals surface area (Å²) in [5.74, 6) is -1.11. The molecule has 1 aromatic rings. The van der Waals surface area contributed by atoms with Gasteiger partial charge in [0, 0.05) is 10.4 Å². The van der Waals surface area contributed by atoms with Crippen molar-refractivity contribution in [3.05, 3.63) is 21.9 Å². The Kier molecular flexibility index (Phi) is 4.28. The Labute approximate surface area is 105 Å². The van der Waals surface area contributed by atoms with Crippen LogP contribution in [0.2, 0.25) is 0 Å². The molecular weight excluding hydrogens is 238 g/mol. The van der Waals surface area contributed by atoms with Gasteiger partial charge in [-0.3, -0.25) is 9.59 Å². The van der Waals surface area contributed by atoms with Crippen molar-refractivity contribution in [1.82, 2.24) is 5.32 Å². The summed E-state index contributed by atoms with van der Waals surface area (Å²) in [4.78, 5) is 24.3. The van der Waals surface area contributed by atoms with Gasteiger partial charge >= 0.3 is 5.97 Å². The number of carboxylic acid groups (broad SMARTS) is 1. The molecule has 0 unspecified atom stereocenters. The molecule has 0 aliphatic rings. The van der Waals surface area contributed by atoms with Crippen LogP contribution >= 0.6 is 11.3 Å². The van der Waals surface area contributed by atoms with Crippen molar-refractivity contribution in [3.63, 3.8) is 0 Å². The molecule has 1 rings (SSSR count). The third-order valence-electron chi connectivity index (χ3n) is 2.70. The number of hydrogen-bond acceptors (Lipinski definition) is 3. The summed E-state index contributed by atoms with van der Waals surface area (Å²) in [5.41, 5.74) is -0.694. The van der Waals surface area contributed by atoms with E-state index in [1.165, 1.54) is 11.3 Å². The van der Waals surface area contributed by atoms with Gasteiger partial charge in [-0.25, -0.2) is 0 Å². The number of aryl methyl sites for hydroxylation is 1. The van der Waals surface area contributed by atoms with Gasteiger partial charge in [0.2, 0.25) is 0 Å². The molecule has 0 aliphatic carbocycles. The summed E-state index contributed by atoms with van der Waals surface area (Å²) in [5, 5.41) is 11.6. The lowest BCUT2D eigenvalue weighted by Gasteiger charge is -2.27. The maximum atomic E-state index is 11.9. The Morgan fingerprint density at radius 1 is 1.47 bits per heavy atom. The van der Waals surface area contributed by atoms with Crippen LogP contribution in [0.4, 0.5) is 0 Å². The third kappa shape index (κ3) is 3.85. The number of amides is 1. The minimum absolute atomic E-state index is 0.0698. The fraction of sp³-hybridized carbons (Fsp3) is 0.500. The highest BCUT2D eigenvalue weighted by molar-refractivity contribution is 7.13. The highest BCUT2D eigenvalue weighted by Gasteiger charge is 2.28. The quantitative estimate of drug-likeness (QED) is 0.849. The molecule has 0 saturated carbocycles. The number of rotatable bonds is 5. The van der Waals surface area contributed by atoms with Crippen LogP contribution < -0.4 is 5.32 Å². The lowest BCUT2D eigenvalue weighted by Crippen LogP contribution is -2.46. The molecule has 0 saturated heterocycles. The van der Waals surface area contributed by atoms with Crippen LogP contribution in [0.15, 0.2) is 12.1 Å². The number of aliphatic carboxylic acids is 1. The van der Waals surface area contributed by atoms with Gasteiger partial charge in [0.05, 0.1) is 11.3 Å². The van der Waals surface area contributed by atoms with Crippen LogP contribution in [-0.4, -0.2) is 22.5 Å². The highest BCUT2D eigenvalue weighted by atomic mass is 32.1. The second-order valence-electron chi connectivity index (χ2n) is 4.35. The maximum Gasteiger partial charge on any atom is 0.305 e. The monoisotopic (exact) mass is 255 g/mol. The first-order valence-corrected chi connectivity index (χ1v) is 6.29. The van der Waals surface area contributed by atoms with E-state index in [9.17, 15) is 9.59 Å². The molecule has 0 fully saturated rings. The first-order valence-electron chi connectivity index (χ1n) is 5.47. The summed E-state index contributed by atoms with van der Waals surface area (Å²) >= 11 is 1.41. The van der Waals surface area contributed by atoms with E-state index in [0.29, 0.717) is 11.3 Å². The number of carbonyl (C=O) groups excluding carboxylic acids is 1. The predicted octanol–water partition coefficient (Wildman–Crippen LogP) is 2.43. The van der Waals surface area contributed by atoms with E-state index in [4.69, 9.17) is 5.11 Å². The average molecular weight is 255 g/mol. The summed E-state index contributed by atoms with van der Waals surface area (Å²) in [6, 6.07) is 3.63. The van der Waals surface area contributed by atoms with Gasteiger partial charge in [-0.05, 0) is 32.4 Å². The molecule has 2 N–H and O–H groups in total. The molecule has 1 amide bonds. The van der Waals surface area contributed by atoms with E-state index in [-0.39, 0.29) is 12.3 Å². The predicted molar refractivity (Wildman–Crippen MR) is 67.5 cm³/mol. The first-order chi connectivity index (χ1) is 7.86. The molecule has 0 bridgehead atoms. The molecule has 0 radical (unpaired) electrons. The summed E-state index contributed by atoms with van der Waals surface area (Å²) in [6.45, 7) is 5.54. The summed E-state index contributed by atoms with van der Waals surface area (Å²) in [7, 11) is 0. The van der Waals surface area contributed by atoms with E-state index < -0.39 is 11.5 Å². The molecule has 1 aromatic heterocycles. The van der Waals surface area contributed by atoms with Crippen LogP contribution in [0.25, 0.3) is 0 Å². The molecular formula is C12H17NO3S. The van der Waals surface area contributed by atoms with Crippen molar-refractivity contribution in [2.45, 2.75) is 39.2 Å². The zero-order valence-corrected chi connectivity index (χ0v) is 11.1. The van der Waals surface area contributed by atoms with E-state index in [1.54, 1.807) is 13.0 Å². The largest absolute Gasteiger partial charge is 0.481 e. The number of nitrogens with one attached hydrogen (secondary N) is 1. The summed E-state index contributed by atoms with van der Waals surface area (Å²) < 4.78 is 0. The second-order valence-corrected chi connectivity index (χ2v) is 5.64. The van der Waals surface area contributed by atoms with Gasteiger partial charge in [-0.15, -0.1) is 11.3 Å². The molecule has 1 atom stereocenters. The zero-order valence-electron chi connectivity index (χ0n) is 10.2. The number of hydrogen-bond donors (Lipinski definition) is 2. The lowest BCUT2D eigenvalue weighted by molar-refractivity contribution is -0.138. The Morgan fingerprint density at radius 3 is 2.53 bits per heavy atom. The Bertz CT molecular complexity index is 427. The average Bonchev–Trinajstić information content (AvgIpc) is 2.63. The fourth-order valence-electron chi connectivity index (χ4n) is 1.48. The van der Waals surface area contributed by atoms with Gasteiger partial charge in [0.1, 0.15) is 0 Å². The second kappa shape index (κ2) is 5.31. The normalized spacial score (nSPS) is 14.1. The fourth-order valence-corrected chi connectivity index (χ4v) is 2.25. The standard InChI is InChI=1S/C12H17NO3S/c1-4-12(3,7-10(14)15)13-11(16)9-6-5-8(2)17-9/h5-6H,4,7H2,1-3H3,(H,13,16)(H,14,15)/t12-/m0/s1. The van der Waals surface area contributed by atoms with Crippen LogP contribution in [0.1, 0.15) is 41.2 Å². The number of thiophene rings is 1. The maximum absolute atomic E-state index is 11.9. The number of carboxylic acids is 1. The van der Waals surface area contributed by atoms with Crippen LogP contribution in [-0.2, 0) is 4.79 Å². The van der Waals surface area contributed by atoms with E-state index in [0.717, 1.165) is 4.88 Å². The summed E-state index contributed by atoms with van der Waals surface area (Å²) in [6.07, 6.45) is 0.509. The highest BCUT2D eigenvalue weighted by Crippen LogP contribution is 2.19. The van der Waals surface area contributed by atoms with E-state index in [2.05, 4.69) is 5.32 Å². The Balaban J connectivity index is 2.74. The van der Waals surface area contributed by atoms with Crippen molar-refractivity contribution in [2.24, 2.45) is 0 Å². The van der Waals surface area contributed by atoms with Gasteiger partial charge in [-0.2, -0.15) is 0 Å². The first kappa shape index (κ1) is 13.7. The van der Waals surface area contributed by atoms with E-state index >= 15 is 0 Å². The van der Waals surface area contributed by atoms with E-state index in [1.807, 2.05) is 19.9 Å². The van der Waals surface area contributed by atoms with Gasteiger partial charge < -0.3 is 10.4 Å². The van der Waals surface area contributed by atoms with Crippen molar-refractivity contribution in [2.75, 3.05) is 0 Å². The molecule has 0 spiro atoms. The SMILES string of the molecule is CC[C@@](C)(CC(=O)O)NC(=O)c1ccc(C)s1. The Morgan fingerprint density at radius 2 is 2.12 bits per heavy atom. The zero-order chi connectivity index (χ0) is 13.1. The molecule has 5 heteroatoms. The van der Waals surface area contributed by atoms with Crippen LogP contribution in [0, 0.1) is 6.92 Å². The lowest BCUT2D eigenvalue weighted by atomic mass is 9.94. The molecule has 4 nitrogen and oxygen atoms in total. The van der Waals surface area contributed by atoms with Crippen LogP contribution in [0.3, 0.4) is 0 Å². The topological polar surface area (TPSA) is 66.4 Å². The van der Waals surface area contributed by atoms with Crippen molar-refractivity contribution in [1.29, 1.82) is 0 Å². The minimum atomic E-state index is -0.906. The molecule has 17 heavy (non-hydrogen) atoms. The molecule has 0 aromatic carbocycles. The molecule has 0 aliphatic heterocycles. The molecule has 1 heterocycles. The van der Waals surface area contributed by atoms with Crippen molar-refractivity contribution < 1.29 is 14.7 Å². The van der Waals surface area contributed by atoms with Gasteiger partial charge in [0.25, 0.3) is 5.91 Å².